The Morgan fingerprint density at radius 1 is 1.19 bits per heavy atom. The summed E-state index contributed by atoms with van der Waals surface area (Å²) in [6, 6.07) is 6.20. The van der Waals surface area contributed by atoms with Gasteiger partial charge in [-0.25, -0.2) is 9.97 Å². The molecule has 4 rings (SSSR count). The number of benzene rings is 1. The Morgan fingerprint density at radius 2 is 2.00 bits per heavy atom. The molecule has 1 fully saturated rings. The van der Waals surface area contributed by atoms with Gasteiger partial charge in [0.2, 0.25) is 0 Å². The predicted octanol–water partition coefficient (Wildman–Crippen LogP) is 2.36. The third-order valence-corrected chi connectivity index (χ3v) is 4.36. The van der Waals surface area contributed by atoms with Crippen molar-refractivity contribution in [1.82, 2.24) is 19.7 Å². The average Bonchev–Trinajstić information content (AvgIpc) is 2.88. The second-order valence-corrected chi connectivity index (χ2v) is 6.30. The molecule has 1 aliphatic rings. The molecule has 1 aromatic carbocycles. The van der Waals surface area contributed by atoms with Crippen LogP contribution in [0.1, 0.15) is 5.69 Å². The molecule has 5 nitrogen and oxygen atoms in total. The topological polar surface area (TPSA) is 45.5 Å². The molecule has 3 heterocycles. The predicted molar refractivity (Wildman–Crippen MR) is 88.0 cm³/mol. The molecule has 1 saturated heterocycles. The Labute approximate surface area is 131 Å². The summed E-state index contributed by atoms with van der Waals surface area (Å²) in [6.07, 6.45) is 2.08. The minimum absolute atomic E-state index is 0.948. The highest BCUT2D eigenvalue weighted by molar-refractivity contribution is 9.10. The van der Waals surface area contributed by atoms with Crippen molar-refractivity contribution in [2.24, 2.45) is 0 Å². The van der Waals surface area contributed by atoms with Gasteiger partial charge < -0.3 is 10.2 Å². The molecule has 0 amide bonds. The minimum atomic E-state index is 0.948. The quantitative estimate of drug-likeness (QED) is 0.735. The largest absolute Gasteiger partial charge is 0.351 e. The van der Waals surface area contributed by atoms with E-state index in [4.69, 9.17) is 4.98 Å². The molecule has 3 aromatic rings. The number of nitrogens with one attached hydrogen (secondary N) is 1. The summed E-state index contributed by atoms with van der Waals surface area (Å²) in [5.41, 5.74) is 4.04. The molecule has 1 aliphatic heterocycles. The van der Waals surface area contributed by atoms with Crippen LogP contribution in [0.4, 0.5) is 5.82 Å². The van der Waals surface area contributed by atoms with E-state index in [0.29, 0.717) is 0 Å². The molecule has 1 N–H and O–H groups in total. The van der Waals surface area contributed by atoms with Crippen molar-refractivity contribution in [2.45, 2.75) is 6.92 Å². The number of fused-ring (bicyclic) bond motifs is 3. The molecule has 0 unspecified atom stereocenters. The van der Waals surface area contributed by atoms with Gasteiger partial charge in [0.15, 0.2) is 11.5 Å². The minimum Gasteiger partial charge on any atom is -0.351 e. The molecule has 0 radical (unpaired) electrons. The molecule has 0 atom stereocenters. The summed E-state index contributed by atoms with van der Waals surface area (Å²) in [5, 5.41) is 3.38. The van der Waals surface area contributed by atoms with Crippen molar-refractivity contribution in [2.75, 3.05) is 31.1 Å². The summed E-state index contributed by atoms with van der Waals surface area (Å²) in [6.45, 7) is 5.94. The Bertz CT molecular complexity index is 820. The van der Waals surface area contributed by atoms with Gasteiger partial charge in [-0.05, 0) is 25.1 Å². The first-order valence-electron chi connectivity index (χ1n) is 7.13. The van der Waals surface area contributed by atoms with Crippen LogP contribution in [0.25, 0.3) is 16.7 Å². The number of aryl methyl sites for hydroxylation is 1. The molecule has 0 spiro atoms. The van der Waals surface area contributed by atoms with Crippen LogP contribution in [0, 0.1) is 6.92 Å². The lowest BCUT2D eigenvalue weighted by molar-refractivity contribution is 0.586. The SMILES string of the molecule is Cc1cn2c(n1)c(N1CCNCC1)nc1cc(Br)ccc12. The third-order valence-electron chi connectivity index (χ3n) is 3.87. The first kappa shape index (κ1) is 13.0. The van der Waals surface area contributed by atoms with E-state index >= 15 is 0 Å². The van der Waals surface area contributed by atoms with Crippen molar-refractivity contribution >= 4 is 38.4 Å². The standard InChI is InChI=1S/C15H16BrN5/c1-10-9-21-13-3-2-11(16)8-12(13)19-14(15(21)18-10)20-6-4-17-5-7-20/h2-3,8-9,17H,4-7H2,1H3. The molecule has 0 aliphatic carbocycles. The number of anilines is 1. The van der Waals surface area contributed by atoms with Gasteiger partial charge in [0.1, 0.15) is 0 Å². The van der Waals surface area contributed by atoms with E-state index in [1.165, 1.54) is 0 Å². The number of aromatic nitrogens is 3. The Balaban J connectivity index is 2.02. The maximum atomic E-state index is 4.89. The zero-order chi connectivity index (χ0) is 14.4. The lowest BCUT2D eigenvalue weighted by Crippen LogP contribution is -2.44. The number of imidazole rings is 1. The van der Waals surface area contributed by atoms with Crippen LogP contribution >= 0.6 is 15.9 Å². The van der Waals surface area contributed by atoms with Crippen LogP contribution in [0.2, 0.25) is 0 Å². The van der Waals surface area contributed by atoms with E-state index in [-0.39, 0.29) is 0 Å². The first-order chi connectivity index (χ1) is 10.2. The van der Waals surface area contributed by atoms with Gasteiger partial charge in [-0.1, -0.05) is 15.9 Å². The summed E-state index contributed by atoms with van der Waals surface area (Å²) >= 11 is 3.53. The Hall–Kier alpha value is -1.66. The highest BCUT2D eigenvalue weighted by Crippen LogP contribution is 2.26. The van der Waals surface area contributed by atoms with E-state index in [2.05, 4.69) is 53.9 Å². The van der Waals surface area contributed by atoms with Gasteiger partial charge in [0, 0.05) is 36.8 Å². The van der Waals surface area contributed by atoms with E-state index in [9.17, 15) is 0 Å². The highest BCUT2D eigenvalue weighted by atomic mass is 79.9. The fourth-order valence-electron chi connectivity index (χ4n) is 2.88. The number of piperazine rings is 1. The van der Waals surface area contributed by atoms with Crippen LogP contribution in [-0.2, 0) is 0 Å². The first-order valence-corrected chi connectivity index (χ1v) is 7.92. The van der Waals surface area contributed by atoms with E-state index < -0.39 is 0 Å². The van der Waals surface area contributed by atoms with E-state index in [1.807, 2.05) is 13.0 Å². The zero-order valence-corrected chi connectivity index (χ0v) is 13.4. The van der Waals surface area contributed by atoms with Gasteiger partial charge in [-0.15, -0.1) is 0 Å². The number of hydrogen-bond acceptors (Lipinski definition) is 4. The Kier molecular flexibility index (Phi) is 3.08. The van der Waals surface area contributed by atoms with Crippen molar-refractivity contribution in [3.8, 4) is 0 Å². The highest BCUT2D eigenvalue weighted by Gasteiger charge is 2.18. The van der Waals surface area contributed by atoms with Gasteiger partial charge >= 0.3 is 0 Å². The molecule has 108 valence electrons. The van der Waals surface area contributed by atoms with E-state index in [1.54, 1.807) is 0 Å². The maximum absolute atomic E-state index is 4.89. The summed E-state index contributed by atoms with van der Waals surface area (Å²) < 4.78 is 3.20. The van der Waals surface area contributed by atoms with Crippen LogP contribution in [-0.4, -0.2) is 40.5 Å². The maximum Gasteiger partial charge on any atom is 0.181 e. The molecule has 21 heavy (non-hydrogen) atoms. The fraction of sp³-hybridized carbons (Fsp3) is 0.333. The molecule has 6 heteroatoms. The monoisotopic (exact) mass is 345 g/mol. The van der Waals surface area contributed by atoms with Gasteiger partial charge in [0.25, 0.3) is 0 Å². The fourth-order valence-corrected chi connectivity index (χ4v) is 3.23. The summed E-state index contributed by atoms with van der Waals surface area (Å²) in [5.74, 6) is 0.982. The normalized spacial score (nSPS) is 16.0. The Morgan fingerprint density at radius 3 is 2.81 bits per heavy atom. The number of nitrogens with zero attached hydrogens (tertiary/aromatic N) is 4. The van der Waals surface area contributed by atoms with Gasteiger partial charge in [-0.2, -0.15) is 0 Å². The van der Waals surface area contributed by atoms with Gasteiger partial charge in [-0.3, -0.25) is 4.40 Å². The lowest BCUT2D eigenvalue weighted by atomic mass is 10.3. The van der Waals surface area contributed by atoms with Crippen molar-refractivity contribution < 1.29 is 0 Å². The molecular weight excluding hydrogens is 330 g/mol. The number of halogens is 1. The van der Waals surface area contributed by atoms with Gasteiger partial charge in [0.05, 0.1) is 16.7 Å². The van der Waals surface area contributed by atoms with Crippen LogP contribution in [0.15, 0.2) is 28.9 Å². The average molecular weight is 346 g/mol. The summed E-state index contributed by atoms with van der Waals surface area (Å²) in [7, 11) is 0. The van der Waals surface area contributed by atoms with E-state index in [0.717, 1.165) is 58.8 Å². The van der Waals surface area contributed by atoms with Crippen LogP contribution in [0.3, 0.4) is 0 Å². The van der Waals surface area contributed by atoms with Crippen molar-refractivity contribution in [1.29, 1.82) is 0 Å². The lowest BCUT2D eigenvalue weighted by Gasteiger charge is -2.28. The molecule has 0 saturated carbocycles. The second-order valence-electron chi connectivity index (χ2n) is 5.38. The smallest absolute Gasteiger partial charge is 0.181 e. The second kappa shape index (κ2) is 4.96. The third kappa shape index (κ3) is 2.18. The van der Waals surface area contributed by atoms with Crippen molar-refractivity contribution in [3.05, 3.63) is 34.6 Å². The van der Waals surface area contributed by atoms with Crippen molar-refractivity contribution in [3.63, 3.8) is 0 Å². The number of hydrogen-bond donors (Lipinski definition) is 1. The molecule has 0 bridgehead atoms. The molecular formula is C15H16BrN5. The van der Waals surface area contributed by atoms with Crippen LogP contribution < -0.4 is 10.2 Å². The number of rotatable bonds is 1. The van der Waals surface area contributed by atoms with Crippen LogP contribution in [0.5, 0.6) is 0 Å². The zero-order valence-electron chi connectivity index (χ0n) is 11.8. The molecule has 2 aromatic heterocycles. The summed E-state index contributed by atoms with van der Waals surface area (Å²) in [4.78, 5) is 11.9.